The second-order valence-corrected chi connectivity index (χ2v) is 12.9. The zero-order valence-corrected chi connectivity index (χ0v) is 21.6. The lowest BCUT2D eigenvalue weighted by atomic mass is 9.46. The lowest BCUT2D eigenvalue weighted by Gasteiger charge is -2.61. The molecule has 6 rings (SSSR count). The largest absolute Gasteiger partial charge is 0.458 e. The van der Waals surface area contributed by atoms with Gasteiger partial charge in [-0.1, -0.05) is 6.92 Å². The fourth-order valence-corrected chi connectivity index (χ4v) is 9.42. The first-order valence-electron chi connectivity index (χ1n) is 14.2. The molecule has 0 aromatic carbocycles. The van der Waals surface area contributed by atoms with Gasteiger partial charge in [0.1, 0.15) is 31.0 Å². The van der Waals surface area contributed by atoms with Gasteiger partial charge in [0.05, 0.1) is 18.3 Å². The summed E-state index contributed by atoms with van der Waals surface area (Å²) in [6.07, 6.45) is 3.58. The van der Waals surface area contributed by atoms with Crippen LogP contribution in [-0.2, 0) is 19.0 Å². The highest BCUT2D eigenvalue weighted by atomic mass is 16.7. The van der Waals surface area contributed by atoms with Crippen LogP contribution >= 0.6 is 0 Å². The van der Waals surface area contributed by atoms with E-state index in [1.54, 1.807) is 6.08 Å². The summed E-state index contributed by atoms with van der Waals surface area (Å²) in [5.41, 5.74) is 0.482. The van der Waals surface area contributed by atoms with Gasteiger partial charge in [-0.2, -0.15) is 0 Å². The molecule has 9 heteroatoms. The molecule has 5 N–H and O–H groups in total. The summed E-state index contributed by atoms with van der Waals surface area (Å²) in [5, 5.41) is 52.2. The molecule has 2 aliphatic heterocycles. The molecule has 0 aromatic rings. The molecule has 4 saturated carbocycles. The molecule has 13 unspecified atom stereocenters. The van der Waals surface area contributed by atoms with Gasteiger partial charge in [-0.05, 0) is 98.4 Å². The van der Waals surface area contributed by atoms with E-state index in [1.165, 1.54) is 0 Å². The molecule has 6 aliphatic rings. The molecule has 0 amide bonds. The predicted molar refractivity (Wildman–Crippen MR) is 130 cm³/mol. The maximum Gasteiger partial charge on any atom is 0.331 e. The number of rotatable bonds is 4. The summed E-state index contributed by atoms with van der Waals surface area (Å²) in [5.74, 6) is 1.31. The Hall–Kier alpha value is -1.07. The minimum Gasteiger partial charge on any atom is -0.458 e. The second kappa shape index (κ2) is 9.54. The molecule has 0 aromatic heterocycles. The lowest BCUT2D eigenvalue weighted by Crippen LogP contribution is -2.61. The van der Waals surface area contributed by atoms with E-state index >= 15 is 0 Å². The molecule has 0 spiro atoms. The quantitative estimate of drug-likeness (QED) is 0.270. The van der Waals surface area contributed by atoms with Crippen molar-refractivity contribution in [1.29, 1.82) is 0 Å². The van der Waals surface area contributed by atoms with Crippen LogP contribution < -0.4 is 0 Å². The normalized spacial score (nSPS) is 53.6. The van der Waals surface area contributed by atoms with Gasteiger partial charge >= 0.3 is 5.97 Å². The van der Waals surface area contributed by atoms with Gasteiger partial charge in [-0.15, -0.1) is 0 Å². The van der Waals surface area contributed by atoms with Crippen molar-refractivity contribution in [3.63, 3.8) is 0 Å². The average molecular weight is 523 g/mol. The zero-order chi connectivity index (χ0) is 26.1. The molecule has 2 heterocycles. The third kappa shape index (κ3) is 4.12. The number of hydrogen-bond acceptors (Lipinski definition) is 9. The number of fused-ring (bicyclic) bond motifs is 5. The van der Waals surface area contributed by atoms with Crippen LogP contribution in [0.3, 0.4) is 0 Å². The van der Waals surface area contributed by atoms with Crippen molar-refractivity contribution in [3.8, 4) is 0 Å². The minimum atomic E-state index is -1.43. The van der Waals surface area contributed by atoms with Crippen molar-refractivity contribution >= 4 is 5.97 Å². The number of esters is 1. The molecule has 1 saturated heterocycles. The van der Waals surface area contributed by atoms with Crippen LogP contribution in [0.25, 0.3) is 0 Å². The van der Waals surface area contributed by atoms with Crippen LogP contribution in [0, 0.1) is 35.0 Å². The molecule has 4 aliphatic carbocycles. The Morgan fingerprint density at radius 2 is 1.73 bits per heavy atom. The molecule has 0 radical (unpaired) electrons. The van der Waals surface area contributed by atoms with E-state index in [9.17, 15) is 30.3 Å². The predicted octanol–water partition coefficient (Wildman–Crippen LogP) is 1.04. The molecular weight excluding hydrogens is 480 g/mol. The maximum atomic E-state index is 12.1. The average Bonchev–Trinajstić information content (AvgIpc) is 3.47. The highest BCUT2D eigenvalue weighted by molar-refractivity contribution is 5.85. The number of aliphatic hydroxyl groups is 5. The van der Waals surface area contributed by atoms with Crippen molar-refractivity contribution in [2.45, 2.75) is 107 Å². The number of cyclic esters (lactones) is 1. The topological polar surface area (TPSA) is 146 Å². The molecular formula is C28H42O9. The van der Waals surface area contributed by atoms with Crippen molar-refractivity contribution in [3.05, 3.63) is 11.6 Å². The standard InChI is InChI=1S/C28H42O9/c1-27-8-6-16(36-26-25(33)24(32)23(31)21(12-29)37-26)11-15(27)2-3-20-19(27)5-4-18-17(7-9-28(18,20)34)14-10-22(30)35-13-14/h10,15-21,23-26,29,31-34H,2-9,11-13H2,1H3. The first-order valence-corrected chi connectivity index (χ1v) is 14.2. The van der Waals surface area contributed by atoms with Crippen LogP contribution in [0.15, 0.2) is 11.6 Å². The Bertz CT molecular complexity index is 921. The third-order valence-electron chi connectivity index (χ3n) is 11.4. The van der Waals surface area contributed by atoms with E-state index in [0.717, 1.165) is 63.4 Å². The van der Waals surface area contributed by atoms with Crippen LogP contribution in [0.5, 0.6) is 0 Å². The molecule has 13 atom stereocenters. The Morgan fingerprint density at radius 1 is 0.973 bits per heavy atom. The van der Waals surface area contributed by atoms with Crippen molar-refractivity contribution in [2.75, 3.05) is 13.2 Å². The van der Waals surface area contributed by atoms with Crippen molar-refractivity contribution in [1.82, 2.24) is 0 Å². The smallest absolute Gasteiger partial charge is 0.331 e. The number of ether oxygens (including phenoxy) is 3. The molecule has 0 bridgehead atoms. The first-order chi connectivity index (χ1) is 17.7. The molecule has 9 nitrogen and oxygen atoms in total. The fraction of sp³-hybridized carbons (Fsp3) is 0.893. The zero-order valence-electron chi connectivity index (χ0n) is 21.6. The summed E-state index contributed by atoms with van der Waals surface area (Å²) in [7, 11) is 0. The van der Waals surface area contributed by atoms with Gasteiger partial charge in [0.25, 0.3) is 0 Å². The van der Waals surface area contributed by atoms with E-state index in [4.69, 9.17) is 14.2 Å². The highest BCUT2D eigenvalue weighted by Crippen LogP contribution is 2.66. The maximum absolute atomic E-state index is 12.1. The summed E-state index contributed by atoms with van der Waals surface area (Å²) < 4.78 is 16.9. The molecule has 37 heavy (non-hydrogen) atoms. The van der Waals surface area contributed by atoms with Gasteiger partial charge < -0.3 is 39.7 Å². The van der Waals surface area contributed by atoms with Gasteiger partial charge in [-0.25, -0.2) is 4.79 Å². The Morgan fingerprint density at radius 3 is 2.46 bits per heavy atom. The van der Waals surface area contributed by atoms with Gasteiger partial charge in [-0.3, -0.25) is 0 Å². The summed E-state index contributed by atoms with van der Waals surface area (Å²) in [6.45, 7) is 2.30. The van der Waals surface area contributed by atoms with Gasteiger partial charge in [0.2, 0.25) is 0 Å². The van der Waals surface area contributed by atoms with Crippen molar-refractivity contribution in [2.24, 2.45) is 35.0 Å². The van der Waals surface area contributed by atoms with E-state index in [1.807, 2.05) is 0 Å². The van der Waals surface area contributed by atoms with E-state index in [0.29, 0.717) is 18.4 Å². The summed E-state index contributed by atoms with van der Waals surface area (Å²) in [4.78, 5) is 11.7. The van der Waals surface area contributed by atoms with Crippen LogP contribution in [0.2, 0.25) is 0 Å². The highest BCUT2D eigenvalue weighted by Gasteiger charge is 2.63. The monoisotopic (exact) mass is 522 g/mol. The third-order valence-corrected chi connectivity index (χ3v) is 11.4. The summed E-state index contributed by atoms with van der Waals surface area (Å²) in [6, 6.07) is 0. The van der Waals surface area contributed by atoms with Gasteiger partial charge in [0, 0.05) is 6.08 Å². The van der Waals surface area contributed by atoms with E-state index in [-0.39, 0.29) is 35.2 Å². The molecule has 208 valence electrons. The first kappa shape index (κ1) is 26.2. The Kier molecular flexibility index (Phi) is 6.75. The Balaban J connectivity index is 1.13. The van der Waals surface area contributed by atoms with Crippen LogP contribution in [-0.4, -0.2) is 87.1 Å². The number of carbonyl (C=O) groups excluding carboxylic acids is 1. The number of carbonyl (C=O) groups is 1. The second-order valence-electron chi connectivity index (χ2n) is 12.9. The van der Waals surface area contributed by atoms with Crippen molar-refractivity contribution < 1.29 is 44.5 Å². The summed E-state index contributed by atoms with van der Waals surface area (Å²) >= 11 is 0. The SMILES string of the molecule is CC12CCC(OC3OC(CO)C(O)C(O)C3O)CC1CCC1C2CCC2C(C3=CC(=O)OC3)CCC21O. The lowest BCUT2D eigenvalue weighted by molar-refractivity contribution is -0.316. The Labute approximate surface area is 217 Å². The van der Waals surface area contributed by atoms with E-state index < -0.39 is 42.9 Å². The van der Waals surface area contributed by atoms with Crippen LogP contribution in [0.4, 0.5) is 0 Å². The minimum absolute atomic E-state index is 0.0998. The fourth-order valence-electron chi connectivity index (χ4n) is 9.42. The van der Waals surface area contributed by atoms with Gasteiger partial charge in [0.15, 0.2) is 6.29 Å². The molecule has 5 fully saturated rings. The van der Waals surface area contributed by atoms with E-state index in [2.05, 4.69) is 6.92 Å². The number of hydrogen-bond donors (Lipinski definition) is 5. The number of aliphatic hydroxyl groups excluding tert-OH is 4. The van der Waals surface area contributed by atoms with Crippen LogP contribution in [0.1, 0.15) is 64.7 Å².